The summed E-state index contributed by atoms with van der Waals surface area (Å²) in [6.07, 6.45) is 0. The molecule has 0 spiro atoms. The average Bonchev–Trinajstić information content (AvgIpc) is 2.73. The SMILES string of the molecule is COCC(C(C)C)n1c(C(C)Cl)nc2cc(Br)ccc21. The number of aromatic nitrogens is 2. The van der Waals surface area contributed by atoms with Crippen molar-refractivity contribution in [2.45, 2.75) is 32.2 Å². The molecule has 0 aliphatic rings. The number of rotatable bonds is 5. The summed E-state index contributed by atoms with van der Waals surface area (Å²) >= 11 is 9.83. The number of fused-ring (bicyclic) bond motifs is 1. The van der Waals surface area contributed by atoms with Crippen LogP contribution in [0.15, 0.2) is 22.7 Å². The number of imidazole rings is 1. The van der Waals surface area contributed by atoms with Gasteiger partial charge in [0.2, 0.25) is 0 Å². The normalized spacial score (nSPS) is 14.9. The van der Waals surface area contributed by atoms with E-state index in [0.29, 0.717) is 12.5 Å². The monoisotopic (exact) mass is 358 g/mol. The highest BCUT2D eigenvalue weighted by molar-refractivity contribution is 9.10. The summed E-state index contributed by atoms with van der Waals surface area (Å²) in [4.78, 5) is 4.70. The van der Waals surface area contributed by atoms with Crippen molar-refractivity contribution in [1.29, 1.82) is 0 Å². The number of hydrogen-bond donors (Lipinski definition) is 0. The fourth-order valence-electron chi connectivity index (χ4n) is 2.46. The first-order chi connectivity index (χ1) is 9.45. The van der Waals surface area contributed by atoms with Gasteiger partial charge in [-0.3, -0.25) is 0 Å². The van der Waals surface area contributed by atoms with E-state index in [-0.39, 0.29) is 11.4 Å². The molecule has 1 aromatic heterocycles. The van der Waals surface area contributed by atoms with Crippen LogP contribution in [-0.4, -0.2) is 23.3 Å². The molecular formula is C15H20BrClN2O. The van der Waals surface area contributed by atoms with E-state index in [4.69, 9.17) is 21.3 Å². The van der Waals surface area contributed by atoms with Crippen molar-refractivity contribution in [3.63, 3.8) is 0 Å². The van der Waals surface area contributed by atoms with E-state index in [1.807, 2.05) is 19.1 Å². The summed E-state index contributed by atoms with van der Waals surface area (Å²) in [5, 5.41) is -0.140. The van der Waals surface area contributed by atoms with Gasteiger partial charge in [-0.25, -0.2) is 4.98 Å². The van der Waals surface area contributed by atoms with Gasteiger partial charge in [-0.15, -0.1) is 11.6 Å². The number of halogens is 2. The van der Waals surface area contributed by atoms with Crippen LogP contribution in [0.5, 0.6) is 0 Å². The molecule has 0 aliphatic heterocycles. The zero-order valence-corrected chi connectivity index (χ0v) is 14.6. The quantitative estimate of drug-likeness (QED) is 0.707. The number of methoxy groups -OCH3 is 1. The third-order valence-electron chi connectivity index (χ3n) is 3.47. The molecule has 1 aromatic carbocycles. The van der Waals surface area contributed by atoms with E-state index in [0.717, 1.165) is 21.3 Å². The van der Waals surface area contributed by atoms with Crippen molar-refractivity contribution >= 4 is 38.6 Å². The van der Waals surface area contributed by atoms with Crippen LogP contribution in [0.3, 0.4) is 0 Å². The predicted octanol–water partition coefficient (Wildman–Crippen LogP) is 4.94. The van der Waals surface area contributed by atoms with E-state index in [2.05, 4.69) is 40.4 Å². The third kappa shape index (κ3) is 3.02. The molecular weight excluding hydrogens is 340 g/mol. The first-order valence-electron chi connectivity index (χ1n) is 6.76. The fraction of sp³-hybridized carbons (Fsp3) is 0.533. The largest absolute Gasteiger partial charge is 0.383 e. The maximum atomic E-state index is 6.33. The maximum Gasteiger partial charge on any atom is 0.128 e. The topological polar surface area (TPSA) is 27.1 Å². The molecule has 0 N–H and O–H groups in total. The highest BCUT2D eigenvalue weighted by Gasteiger charge is 2.24. The second kappa shape index (κ2) is 6.46. The molecule has 0 saturated heterocycles. The van der Waals surface area contributed by atoms with Gasteiger partial charge < -0.3 is 9.30 Å². The summed E-state index contributed by atoms with van der Waals surface area (Å²) in [5.74, 6) is 1.33. The van der Waals surface area contributed by atoms with Gasteiger partial charge in [0.05, 0.1) is 29.1 Å². The first-order valence-corrected chi connectivity index (χ1v) is 7.99. The molecule has 3 nitrogen and oxygen atoms in total. The summed E-state index contributed by atoms with van der Waals surface area (Å²) in [6.45, 7) is 6.99. The molecule has 110 valence electrons. The Balaban J connectivity index is 2.66. The summed E-state index contributed by atoms with van der Waals surface area (Å²) < 4.78 is 8.65. The van der Waals surface area contributed by atoms with E-state index in [9.17, 15) is 0 Å². The Kier molecular flexibility index (Phi) is 5.10. The molecule has 0 saturated carbocycles. The van der Waals surface area contributed by atoms with Crippen LogP contribution in [0.25, 0.3) is 11.0 Å². The fourth-order valence-corrected chi connectivity index (χ4v) is 2.96. The zero-order valence-electron chi connectivity index (χ0n) is 12.2. The van der Waals surface area contributed by atoms with Crippen LogP contribution in [-0.2, 0) is 4.74 Å². The van der Waals surface area contributed by atoms with Crippen molar-refractivity contribution in [2.24, 2.45) is 5.92 Å². The molecule has 0 fully saturated rings. The van der Waals surface area contributed by atoms with Gasteiger partial charge in [0.15, 0.2) is 0 Å². The summed E-state index contributed by atoms with van der Waals surface area (Å²) in [5.41, 5.74) is 2.06. The molecule has 2 aromatic rings. The molecule has 0 radical (unpaired) electrons. The van der Waals surface area contributed by atoms with Crippen molar-refractivity contribution < 1.29 is 4.74 Å². The number of benzene rings is 1. The molecule has 5 heteroatoms. The van der Waals surface area contributed by atoms with Gasteiger partial charge >= 0.3 is 0 Å². The van der Waals surface area contributed by atoms with Crippen LogP contribution in [0.1, 0.15) is 38.0 Å². The van der Waals surface area contributed by atoms with E-state index >= 15 is 0 Å². The van der Waals surface area contributed by atoms with Crippen LogP contribution < -0.4 is 0 Å². The molecule has 0 amide bonds. The second-order valence-electron chi connectivity index (χ2n) is 5.36. The van der Waals surface area contributed by atoms with Gasteiger partial charge in [-0.2, -0.15) is 0 Å². The van der Waals surface area contributed by atoms with Crippen molar-refractivity contribution in [3.8, 4) is 0 Å². The highest BCUT2D eigenvalue weighted by Crippen LogP contribution is 2.32. The Morgan fingerprint density at radius 3 is 2.60 bits per heavy atom. The molecule has 2 atom stereocenters. The highest BCUT2D eigenvalue weighted by atomic mass is 79.9. The van der Waals surface area contributed by atoms with E-state index in [1.54, 1.807) is 7.11 Å². The Hall–Kier alpha value is -0.580. The summed E-state index contributed by atoms with van der Waals surface area (Å²) in [7, 11) is 1.73. The lowest BCUT2D eigenvalue weighted by molar-refractivity contribution is 0.133. The minimum absolute atomic E-state index is 0.140. The standard InChI is InChI=1S/C15H20BrClN2O/c1-9(2)14(8-20-4)19-13-6-5-11(16)7-12(13)18-15(19)10(3)17/h5-7,9-10,14H,8H2,1-4H3. The Bertz CT molecular complexity index is 595. The minimum Gasteiger partial charge on any atom is -0.383 e. The maximum absolute atomic E-state index is 6.33. The van der Waals surface area contributed by atoms with E-state index in [1.165, 1.54) is 0 Å². The third-order valence-corrected chi connectivity index (χ3v) is 4.16. The average molecular weight is 360 g/mol. The van der Waals surface area contributed by atoms with Crippen LogP contribution in [0.2, 0.25) is 0 Å². The lowest BCUT2D eigenvalue weighted by Crippen LogP contribution is -2.22. The molecule has 0 aliphatic carbocycles. The van der Waals surface area contributed by atoms with Crippen LogP contribution in [0, 0.1) is 5.92 Å². The summed E-state index contributed by atoms with van der Waals surface area (Å²) in [6, 6.07) is 6.37. The van der Waals surface area contributed by atoms with E-state index < -0.39 is 0 Å². The molecule has 20 heavy (non-hydrogen) atoms. The molecule has 2 rings (SSSR count). The lowest BCUT2D eigenvalue weighted by atomic mass is 10.0. The molecule has 0 bridgehead atoms. The smallest absolute Gasteiger partial charge is 0.128 e. The number of ether oxygens (including phenoxy) is 1. The predicted molar refractivity (Wildman–Crippen MR) is 87.5 cm³/mol. The number of alkyl halides is 1. The van der Waals surface area contributed by atoms with Gasteiger partial charge in [-0.05, 0) is 31.0 Å². The Labute approximate surface area is 133 Å². The lowest BCUT2D eigenvalue weighted by Gasteiger charge is -2.25. The van der Waals surface area contributed by atoms with Crippen LogP contribution in [0.4, 0.5) is 0 Å². The van der Waals surface area contributed by atoms with Crippen molar-refractivity contribution in [2.75, 3.05) is 13.7 Å². The second-order valence-corrected chi connectivity index (χ2v) is 6.93. The van der Waals surface area contributed by atoms with Crippen molar-refractivity contribution in [1.82, 2.24) is 9.55 Å². The van der Waals surface area contributed by atoms with Gasteiger partial charge in [0.1, 0.15) is 5.82 Å². The Morgan fingerprint density at radius 2 is 2.05 bits per heavy atom. The Morgan fingerprint density at radius 1 is 1.35 bits per heavy atom. The minimum atomic E-state index is -0.140. The van der Waals surface area contributed by atoms with Gasteiger partial charge in [-0.1, -0.05) is 29.8 Å². The van der Waals surface area contributed by atoms with Crippen LogP contribution >= 0.6 is 27.5 Å². The van der Waals surface area contributed by atoms with Gasteiger partial charge in [0, 0.05) is 11.6 Å². The molecule has 2 unspecified atom stereocenters. The molecule has 1 heterocycles. The number of hydrogen-bond acceptors (Lipinski definition) is 2. The first kappa shape index (κ1) is 15.8. The van der Waals surface area contributed by atoms with Gasteiger partial charge in [0.25, 0.3) is 0 Å². The number of nitrogens with zero attached hydrogens (tertiary/aromatic N) is 2. The zero-order chi connectivity index (χ0) is 14.9. The van der Waals surface area contributed by atoms with Crippen molar-refractivity contribution in [3.05, 3.63) is 28.5 Å².